The summed E-state index contributed by atoms with van der Waals surface area (Å²) in [5.74, 6) is -0.110. The number of carbonyl (C=O) groups is 1. The zero-order chi connectivity index (χ0) is 19.0. The highest BCUT2D eigenvalue weighted by Gasteiger charge is 2.43. The van der Waals surface area contributed by atoms with Crippen LogP contribution in [0.4, 0.5) is 5.69 Å². The number of hydrogen-bond acceptors (Lipinski definition) is 4. The first-order chi connectivity index (χ1) is 13.2. The summed E-state index contributed by atoms with van der Waals surface area (Å²) in [6, 6.07) is 16.7. The number of benzene rings is 2. The molecule has 1 amide bonds. The van der Waals surface area contributed by atoms with Crippen LogP contribution in [0, 0.1) is 0 Å². The molecule has 6 nitrogen and oxygen atoms in total. The molecule has 7 heteroatoms. The van der Waals surface area contributed by atoms with Gasteiger partial charge >= 0.3 is 11.3 Å². The van der Waals surface area contributed by atoms with E-state index in [1.165, 1.54) is 11.8 Å². The smallest absolute Gasteiger partial charge is 0.291 e. The largest absolute Gasteiger partial charge is 0.325 e. The van der Waals surface area contributed by atoms with Crippen LogP contribution in [0.15, 0.2) is 64.5 Å². The zero-order valence-corrected chi connectivity index (χ0v) is 15.9. The maximum atomic E-state index is 13.4. The molecule has 1 aromatic heterocycles. The topological polar surface area (TPSA) is 69.9 Å². The lowest BCUT2D eigenvalue weighted by Crippen LogP contribution is -2.60. The van der Waals surface area contributed by atoms with E-state index in [9.17, 15) is 9.59 Å². The van der Waals surface area contributed by atoms with Crippen LogP contribution in [0.2, 0.25) is 0 Å². The third-order valence-corrected chi connectivity index (χ3v) is 5.23. The number of amides is 1. The van der Waals surface area contributed by atoms with Crippen LogP contribution in [0.25, 0.3) is 11.3 Å². The fraction of sp³-hybridized carbons (Fsp3) is 0.200. The van der Waals surface area contributed by atoms with Crippen LogP contribution in [0.5, 0.6) is 0 Å². The number of nitrogens with zero attached hydrogens (tertiary/aromatic N) is 3. The van der Waals surface area contributed by atoms with Gasteiger partial charge in [0.05, 0.1) is 11.3 Å². The van der Waals surface area contributed by atoms with Crippen molar-refractivity contribution in [2.75, 3.05) is 11.2 Å². The third kappa shape index (κ3) is 2.84. The number of anilines is 1. The fourth-order valence-electron chi connectivity index (χ4n) is 3.46. The number of para-hydroxylation sites is 1. The van der Waals surface area contributed by atoms with Crippen molar-refractivity contribution < 1.29 is 9.48 Å². The van der Waals surface area contributed by atoms with Gasteiger partial charge in [0.15, 0.2) is 0 Å². The average molecular weight is 379 g/mol. The highest BCUT2D eigenvalue weighted by molar-refractivity contribution is 7.98. The van der Waals surface area contributed by atoms with Gasteiger partial charge in [0, 0.05) is 17.1 Å². The van der Waals surface area contributed by atoms with E-state index < -0.39 is 0 Å². The number of rotatable bonds is 3. The molecule has 0 aliphatic carbocycles. The van der Waals surface area contributed by atoms with E-state index in [2.05, 4.69) is 10.1 Å². The van der Waals surface area contributed by atoms with Crippen molar-refractivity contribution in [3.63, 3.8) is 0 Å². The Hall–Kier alpha value is -2.93. The van der Waals surface area contributed by atoms with Gasteiger partial charge in [-0.1, -0.05) is 53.7 Å². The van der Waals surface area contributed by atoms with E-state index in [0.29, 0.717) is 28.4 Å². The molecule has 3 aromatic rings. The molecule has 0 spiro atoms. The second kappa shape index (κ2) is 7.00. The molecule has 27 heavy (non-hydrogen) atoms. The predicted molar refractivity (Wildman–Crippen MR) is 105 cm³/mol. The van der Waals surface area contributed by atoms with Crippen molar-refractivity contribution in [1.82, 2.24) is 10.1 Å². The van der Waals surface area contributed by atoms with Crippen molar-refractivity contribution in [3.05, 3.63) is 70.5 Å². The molecule has 0 saturated carbocycles. The van der Waals surface area contributed by atoms with Gasteiger partial charge in [0.25, 0.3) is 12.1 Å². The Bertz CT molecular complexity index is 1070. The standard InChI is InChI=1S/C20H18N4O2S/c1-3-16-23(19(26)13-9-5-4-6-10-13)15-12-8-7-11-14(15)17-18(25)21-20(27-2)22-24(16)17/h4-12,16H,3H2,1-2H3/p+1. The van der Waals surface area contributed by atoms with Gasteiger partial charge in [-0.2, -0.15) is 0 Å². The molecule has 1 unspecified atom stereocenters. The summed E-state index contributed by atoms with van der Waals surface area (Å²) in [4.78, 5) is 30.7. The Morgan fingerprint density at radius 3 is 2.59 bits per heavy atom. The normalized spacial score (nSPS) is 15.2. The van der Waals surface area contributed by atoms with Crippen LogP contribution in [-0.4, -0.2) is 22.2 Å². The van der Waals surface area contributed by atoms with Crippen LogP contribution >= 0.6 is 11.8 Å². The van der Waals surface area contributed by atoms with Crippen molar-refractivity contribution >= 4 is 23.4 Å². The van der Waals surface area contributed by atoms with Crippen molar-refractivity contribution in [1.29, 1.82) is 0 Å². The number of thioether (sulfide) groups is 1. The van der Waals surface area contributed by atoms with E-state index in [-0.39, 0.29) is 17.6 Å². The molecular weight excluding hydrogens is 360 g/mol. The minimum atomic E-state index is -0.379. The molecule has 136 valence electrons. The van der Waals surface area contributed by atoms with E-state index in [4.69, 9.17) is 0 Å². The Morgan fingerprint density at radius 1 is 1.19 bits per heavy atom. The highest BCUT2D eigenvalue weighted by atomic mass is 32.2. The number of H-pyrrole nitrogens is 1. The quantitative estimate of drug-likeness (QED) is 0.561. The molecular formula is C20H19N4O2S+. The predicted octanol–water partition coefficient (Wildman–Crippen LogP) is 3.02. The number of carbonyl (C=O) groups excluding carboxylic acids is 1. The summed E-state index contributed by atoms with van der Waals surface area (Å²) in [6.45, 7) is 1.99. The fourth-order valence-corrected chi connectivity index (χ4v) is 3.82. The van der Waals surface area contributed by atoms with E-state index in [1.54, 1.807) is 21.7 Å². The van der Waals surface area contributed by atoms with Crippen LogP contribution in [0.1, 0.15) is 29.9 Å². The maximum Gasteiger partial charge on any atom is 0.325 e. The lowest BCUT2D eigenvalue weighted by molar-refractivity contribution is -0.771. The summed E-state index contributed by atoms with van der Waals surface area (Å²) in [5.41, 5.74) is 2.31. The molecule has 2 aromatic carbocycles. The van der Waals surface area contributed by atoms with E-state index >= 15 is 0 Å². The maximum absolute atomic E-state index is 13.4. The molecule has 1 atom stereocenters. The number of fused-ring (bicyclic) bond motifs is 3. The summed E-state index contributed by atoms with van der Waals surface area (Å²) < 4.78 is 1.69. The first-order valence-electron chi connectivity index (χ1n) is 8.73. The molecule has 2 heterocycles. The highest BCUT2D eigenvalue weighted by Crippen LogP contribution is 2.36. The van der Waals surface area contributed by atoms with Gasteiger partial charge in [-0.25, -0.2) is 4.90 Å². The van der Waals surface area contributed by atoms with E-state index in [0.717, 1.165) is 5.69 Å². The second-order valence-electron chi connectivity index (χ2n) is 6.20. The Balaban J connectivity index is 1.98. The zero-order valence-electron chi connectivity index (χ0n) is 15.0. The molecule has 0 saturated heterocycles. The molecule has 0 radical (unpaired) electrons. The Morgan fingerprint density at radius 2 is 1.89 bits per heavy atom. The van der Waals surface area contributed by atoms with Crippen molar-refractivity contribution in [2.45, 2.75) is 24.7 Å². The van der Waals surface area contributed by atoms with Gasteiger partial charge in [-0.3, -0.25) is 14.6 Å². The van der Waals surface area contributed by atoms with Gasteiger partial charge in [0.1, 0.15) is 0 Å². The molecule has 1 aliphatic heterocycles. The van der Waals surface area contributed by atoms with Crippen molar-refractivity contribution in [3.8, 4) is 11.3 Å². The number of hydrogen-bond donors (Lipinski definition) is 1. The summed E-state index contributed by atoms with van der Waals surface area (Å²) >= 11 is 1.36. The lowest BCUT2D eigenvalue weighted by atomic mass is 10.0. The lowest BCUT2D eigenvalue weighted by Gasteiger charge is -2.31. The van der Waals surface area contributed by atoms with E-state index in [1.807, 2.05) is 55.6 Å². The molecule has 0 bridgehead atoms. The second-order valence-corrected chi connectivity index (χ2v) is 7.00. The summed E-state index contributed by atoms with van der Waals surface area (Å²) in [7, 11) is 0. The Labute approximate surface area is 160 Å². The summed E-state index contributed by atoms with van der Waals surface area (Å²) in [5, 5.41) is 5.12. The molecule has 1 N–H and O–H groups in total. The van der Waals surface area contributed by atoms with Gasteiger partial charge < -0.3 is 0 Å². The van der Waals surface area contributed by atoms with Crippen molar-refractivity contribution in [2.24, 2.45) is 0 Å². The van der Waals surface area contributed by atoms with Crippen LogP contribution in [-0.2, 0) is 0 Å². The summed E-state index contributed by atoms with van der Waals surface area (Å²) in [6.07, 6.45) is 2.10. The van der Waals surface area contributed by atoms with Gasteiger partial charge in [0.2, 0.25) is 5.16 Å². The van der Waals surface area contributed by atoms with Gasteiger partial charge in [-0.05, 0) is 30.5 Å². The van der Waals surface area contributed by atoms with Gasteiger partial charge in [-0.15, -0.1) is 0 Å². The van der Waals surface area contributed by atoms with Crippen LogP contribution < -0.4 is 15.1 Å². The number of nitrogens with one attached hydrogen (secondary N) is 1. The Kier molecular flexibility index (Phi) is 4.53. The molecule has 4 rings (SSSR count). The minimum Gasteiger partial charge on any atom is -0.291 e. The minimum absolute atomic E-state index is 0.110. The number of aromatic nitrogens is 3. The van der Waals surface area contributed by atoms with Crippen LogP contribution in [0.3, 0.4) is 0 Å². The number of aromatic amines is 1. The molecule has 0 fully saturated rings. The SMILES string of the molecule is CCC1N(C(=O)c2ccccc2)c2ccccc2-c2c(=O)[nH]c(SC)n[n+]21. The molecule has 1 aliphatic rings. The third-order valence-electron chi connectivity index (χ3n) is 4.66. The average Bonchev–Trinajstić information content (AvgIpc) is 2.72. The monoisotopic (exact) mass is 379 g/mol. The first-order valence-corrected chi connectivity index (χ1v) is 9.96. The first kappa shape index (κ1) is 17.5.